The highest BCUT2D eigenvalue weighted by Gasteiger charge is 2.35. The second-order valence-electron chi connectivity index (χ2n) is 8.30. The van der Waals surface area contributed by atoms with Gasteiger partial charge < -0.3 is 10.0 Å². The number of fused-ring (bicyclic) bond motifs is 1. The van der Waals surface area contributed by atoms with Crippen LogP contribution in [-0.4, -0.2) is 69.6 Å². The van der Waals surface area contributed by atoms with Crippen molar-refractivity contribution in [2.45, 2.75) is 25.4 Å². The van der Waals surface area contributed by atoms with Crippen LogP contribution in [0.1, 0.15) is 25.5 Å². The SMILES string of the molecule is CC1(O)CC(CNS(C)(=O)=O)CN(c2cc(-c3cnc4ccc(C(F)F)nn34)ncn2)C1. The van der Waals surface area contributed by atoms with Crippen molar-refractivity contribution in [2.75, 3.05) is 30.8 Å². The highest BCUT2D eigenvalue weighted by molar-refractivity contribution is 7.88. The molecule has 2 atom stereocenters. The van der Waals surface area contributed by atoms with E-state index in [1.54, 1.807) is 13.0 Å². The minimum Gasteiger partial charge on any atom is -0.388 e. The molecular weight excluding hydrogens is 444 g/mol. The molecule has 2 unspecified atom stereocenters. The normalized spacial score (nSPS) is 22.1. The maximum absolute atomic E-state index is 13.1. The van der Waals surface area contributed by atoms with E-state index in [0.717, 1.165) is 6.26 Å². The summed E-state index contributed by atoms with van der Waals surface area (Å²) in [5.41, 5.74) is -0.177. The molecule has 1 saturated heterocycles. The Bertz CT molecular complexity index is 1230. The zero-order chi connectivity index (χ0) is 23.1. The van der Waals surface area contributed by atoms with Crippen molar-refractivity contribution >= 4 is 21.5 Å². The molecule has 0 spiro atoms. The van der Waals surface area contributed by atoms with Gasteiger partial charge in [-0.1, -0.05) is 0 Å². The van der Waals surface area contributed by atoms with Crippen LogP contribution in [0.5, 0.6) is 0 Å². The lowest BCUT2D eigenvalue weighted by Gasteiger charge is -2.42. The van der Waals surface area contributed by atoms with Gasteiger partial charge in [0.2, 0.25) is 10.0 Å². The Balaban J connectivity index is 1.64. The van der Waals surface area contributed by atoms with E-state index in [-0.39, 0.29) is 18.2 Å². The van der Waals surface area contributed by atoms with Gasteiger partial charge in [-0.3, -0.25) is 0 Å². The van der Waals surface area contributed by atoms with Crippen LogP contribution < -0.4 is 9.62 Å². The molecule has 4 heterocycles. The topological polar surface area (TPSA) is 126 Å². The summed E-state index contributed by atoms with van der Waals surface area (Å²) in [5, 5.41) is 14.7. The minimum atomic E-state index is -3.36. The number of piperidine rings is 1. The van der Waals surface area contributed by atoms with Crippen molar-refractivity contribution in [3.05, 3.63) is 36.4 Å². The number of imidazole rings is 1. The molecule has 0 aliphatic carbocycles. The van der Waals surface area contributed by atoms with Gasteiger partial charge in [0.1, 0.15) is 23.5 Å². The van der Waals surface area contributed by atoms with Gasteiger partial charge >= 0.3 is 0 Å². The molecule has 172 valence electrons. The van der Waals surface area contributed by atoms with E-state index in [0.29, 0.717) is 42.4 Å². The average molecular weight is 468 g/mol. The maximum atomic E-state index is 13.1. The first kappa shape index (κ1) is 22.4. The summed E-state index contributed by atoms with van der Waals surface area (Å²) in [7, 11) is -3.36. The summed E-state index contributed by atoms with van der Waals surface area (Å²) in [6.07, 6.45) is 1.63. The summed E-state index contributed by atoms with van der Waals surface area (Å²) < 4.78 is 52.9. The fourth-order valence-corrected chi connectivity index (χ4v) is 4.50. The molecule has 3 aromatic heterocycles. The highest BCUT2D eigenvalue weighted by Crippen LogP contribution is 2.30. The first-order valence-corrected chi connectivity index (χ1v) is 11.8. The molecule has 2 N–H and O–H groups in total. The fraction of sp³-hybridized carbons (Fsp3) is 0.474. The van der Waals surface area contributed by atoms with Gasteiger partial charge in [-0.05, 0) is 31.4 Å². The number of nitrogens with zero attached hydrogens (tertiary/aromatic N) is 6. The average Bonchev–Trinajstić information content (AvgIpc) is 3.14. The summed E-state index contributed by atoms with van der Waals surface area (Å²) in [5.74, 6) is 0.372. The number of hydrogen-bond acceptors (Lipinski definition) is 8. The number of aromatic nitrogens is 5. The van der Waals surface area contributed by atoms with E-state index >= 15 is 0 Å². The van der Waals surface area contributed by atoms with Crippen LogP contribution in [0.4, 0.5) is 14.6 Å². The quantitative estimate of drug-likeness (QED) is 0.555. The smallest absolute Gasteiger partial charge is 0.282 e. The summed E-state index contributed by atoms with van der Waals surface area (Å²) in [6, 6.07) is 4.35. The number of anilines is 1. The minimum absolute atomic E-state index is 0.141. The molecule has 0 radical (unpaired) electrons. The van der Waals surface area contributed by atoms with Crippen LogP contribution in [0.2, 0.25) is 0 Å². The van der Waals surface area contributed by atoms with Gasteiger partial charge in [-0.15, -0.1) is 0 Å². The Hall–Kier alpha value is -2.77. The lowest BCUT2D eigenvalue weighted by atomic mass is 9.87. The Morgan fingerprint density at radius 1 is 1.31 bits per heavy atom. The van der Waals surface area contributed by atoms with Crippen LogP contribution in [0, 0.1) is 5.92 Å². The summed E-state index contributed by atoms with van der Waals surface area (Å²) in [6.45, 7) is 2.64. The van der Waals surface area contributed by atoms with Crippen LogP contribution in [-0.2, 0) is 10.0 Å². The zero-order valence-corrected chi connectivity index (χ0v) is 18.3. The number of halogens is 2. The van der Waals surface area contributed by atoms with Gasteiger partial charge in [0.15, 0.2) is 5.65 Å². The molecule has 0 amide bonds. The zero-order valence-electron chi connectivity index (χ0n) is 17.5. The van der Waals surface area contributed by atoms with E-state index in [2.05, 4.69) is 24.8 Å². The number of aliphatic hydroxyl groups is 1. The second-order valence-corrected chi connectivity index (χ2v) is 10.1. The van der Waals surface area contributed by atoms with Crippen LogP contribution >= 0.6 is 0 Å². The number of nitrogens with one attached hydrogen (secondary N) is 1. The summed E-state index contributed by atoms with van der Waals surface area (Å²) in [4.78, 5) is 14.6. The predicted molar refractivity (Wildman–Crippen MR) is 113 cm³/mol. The molecule has 4 rings (SSSR count). The third-order valence-electron chi connectivity index (χ3n) is 5.22. The van der Waals surface area contributed by atoms with Crippen molar-refractivity contribution in [3.63, 3.8) is 0 Å². The van der Waals surface area contributed by atoms with Gasteiger partial charge in [-0.25, -0.2) is 41.4 Å². The number of rotatable bonds is 6. The third kappa shape index (κ3) is 5.00. The van der Waals surface area contributed by atoms with Crippen LogP contribution in [0.25, 0.3) is 17.0 Å². The van der Waals surface area contributed by atoms with Crippen molar-refractivity contribution in [1.82, 2.24) is 29.3 Å². The van der Waals surface area contributed by atoms with Gasteiger partial charge in [0.25, 0.3) is 6.43 Å². The van der Waals surface area contributed by atoms with Gasteiger partial charge in [0.05, 0.1) is 23.7 Å². The lowest BCUT2D eigenvalue weighted by Crippen LogP contribution is -2.52. The largest absolute Gasteiger partial charge is 0.388 e. The van der Waals surface area contributed by atoms with Crippen molar-refractivity contribution < 1.29 is 22.3 Å². The molecule has 0 saturated carbocycles. The third-order valence-corrected chi connectivity index (χ3v) is 5.91. The molecule has 0 bridgehead atoms. The number of hydrogen-bond donors (Lipinski definition) is 2. The second kappa shape index (κ2) is 8.30. The Morgan fingerprint density at radius 2 is 2.09 bits per heavy atom. The van der Waals surface area contributed by atoms with Gasteiger partial charge in [0, 0.05) is 25.7 Å². The first-order chi connectivity index (χ1) is 15.0. The standard InChI is InChI=1S/C19H23F2N7O3S/c1-19(29)6-12(7-25-32(2,30)31)9-27(10-19)17-5-14(23-11-24-17)15-8-22-16-4-3-13(18(20)21)26-28(15)16/h3-5,8,11-12,18,25,29H,6-7,9-10H2,1-2H3. The summed E-state index contributed by atoms with van der Waals surface area (Å²) >= 11 is 0. The highest BCUT2D eigenvalue weighted by atomic mass is 32.2. The van der Waals surface area contributed by atoms with Gasteiger partial charge in [-0.2, -0.15) is 5.10 Å². The molecule has 1 aliphatic rings. The molecule has 0 aromatic carbocycles. The Kier molecular flexibility index (Phi) is 5.81. The van der Waals surface area contributed by atoms with Crippen molar-refractivity contribution in [3.8, 4) is 11.4 Å². The van der Waals surface area contributed by atoms with E-state index in [4.69, 9.17) is 0 Å². The van der Waals surface area contributed by atoms with E-state index < -0.39 is 22.0 Å². The predicted octanol–water partition coefficient (Wildman–Crippen LogP) is 1.25. The number of β-amino-alcohol motifs (C(OH)–C–C–N with tert-alkyl or cyclic N) is 1. The molecule has 32 heavy (non-hydrogen) atoms. The first-order valence-electron chi connectivity index (χ1n) is 9.88. The molecule has 10 nitrogen and oxygen atoms in total. The number of sulfonamides is 1. The van der Waals surface area contributed by atoms with Crippen LogP contribution in [0.3, 0.4) is 0 Å². The Labute approximate surface area is 183 Å². The van der Waals surface area contributed by atoms with E-state index in [1.807, 2.05) is 4.90 Å². The maximum Gasteiger partial charge on any atom is 0.282 e. The molecule has 1 aliphatic heterocycles. The molecule has 1 fully saturated rings. The van der Waals surface area contributed by atoms with Crippen molar-refractivity contribution in [1.29, 1.82) is 0 Å². The lowest BCUT2D eigenvalue weighted by molar-refractivity contribution is 0.0258. The number of alkyl halides is 2. The molecule has 13 heteroatoms. The van der Waals surface area contributed by atoms with Crippen LogP contribution in [0.15, 0.2) is 30.7 Å². The molecule has 3 aromatic rings. The van der Waals surface area contributed by atoms with Crippen molar-refractivity contribution in [2.24, 2.45) is 5.92 Å². The molecular formula is C19H23F2N7O3S. The monoisotopic (exact) mass is 467 g/mol. The Morgan fingerprint density at radius 3 is 2.81 bits per heavy atom. The fourth-order valence-electron chi connectivity index (χ4n) is 3.96. The van der Waals surface area contributed by atoms with E-state index in [1.165, 1.54) is 29.2 Å². The van der Waals surface area contributed by atoms with E-state index in [9.17, 15) is 22.3 Å².